The Morgan fingerprint density at radius 2 is 1.95 bits per heavy atom. The van der Waals surface area contributed by atoms with Crippen molar-refractivity contribution in [2.45, 2.75) is 64.0 Å². The lowest BCUT2D eigenvalue weighted by atomic mass is 10.0. The van der Waals surface area contributed by atoms with Gasteiger partial charge in [-0.1, -0.05) is 30.7 Å². The van der Waals surface area contributed by atoms with E-state index in [0.717, 1.165) is 43.1 Å². The summed E-state index contributed by atoms with van der Waals surface area (Å²) in [5.41, 5.74) is 3.06. The SMILES string of the molecule is CCC1OC(C=O)N(Cc2cccc(NC(=O)c3ccc(Cl)nn3)c2)N=C1c1ccc(OC)c(OC2CCCC2)c1. The standard InChI is InChI=1S/C30H32ClN5O5/c1-3-24-29(20-11-13-25(39-2)26(16-20)40-22-9-4-5-10-22)35-36(28(18-37)41-24)17-19-7-6-8-21(15-19)32-30(38)23-12-14-27(31)34-33-23/h6-8,11-16,18,22,24,28H,3-5,9-10,17H2,1-2H3,(H,32,38). The average molecular weight is 578 g/mol. The van der Waals surface area contributed by atoms with Crippen LogP contribution in [-0.4, -0.2) is 58.7 Å². The number of benzene rings is 2. The van der Waals surface area contributed by atoms with E-state index in [-0.39, 0.29) is 29.6 Å². The number of nitrogens with one attached hydrogen (secondary N) is 1. The highest BCUT2D eigenvalue weighted by Gasteiger charge is 2.32. The van der Waals surface area contributed by atoms with Gasteiger partial charge in [0.1, 0.15) is 6.10 Å². The third-order valence-electron chi connectivity index (χ3n) is 7.08. The minimum Gasteiger partial charge on any atom is -0.493 e. The number of halogens is 1. The minimum atomic E-state index is -0.862. The van der Waals surface area contributed by atoms with Crippen LogP contribution < -0.4 is 14.8 Å². The van der Waals surface area contributed by atoms with Gasteiger partial charge in [0.2, 0.25) is 6.23 Å². The Labute approximate surface area is 243 Å². The van der Waals surface area contributed by atoms with Gasteiger partial charge in [-0.15, -0.1) is 10.2 Å². The number of ether oxygens (including phenoxy) is 3. The predicted octanol–water partition coefficient (Wildman–Crippen LogP) is 5.25. The van der Waals surface area contributed by atoms with Crippen molar-refractivity contribution in [2.75, 3.05) is 12.4 Å². The van der Waals surface area contributed by atoms with Crippen LogP contribution in [0.25, 0.3) is 0 Å². The fraction of sp³-hybridized carbons (Fsp3) is 0.367. The summed E-state index contributed by atoms with van der Waals surface area (Å²) < 4.78 is 18.1. The number of anilines is 1. The van der Waals surface area contributed by atoms with Crippen LogP contribution in [0.15, 0.2) is 59.7 Å². The first-order chi connectivity index (χ1) is 20.0. The highest BCUT2D eigenvalue weighted by atomic mass is 35.5. The summed E-state index contributed by atoms with van der Waals surface area (Å²) in [6.07, 6.45) is 4.68. The number of rotatable bonds is 10. The Morgan fingerprint density at radius 1 is 1.12 bits per heavy atom. The molecular formula is C30H32ClN5O5. The summed E-state index contributed by atoms with van der Waals surface area (Å²) in [4.78, 5) is 24.6. The molecule has 0 spiro atoms. The van der Waals surface area contributed by atoms with Crippen LogP contribution in [0.4, 0.5) is 5.69 Å². The Balaban J connectivity index is 1.39. The minimum absolute atomic E-state index is 0.140. The van der Waals surface area contributed by atoms with E-state index in [9.17, 15) is 9.59 Å². The van der Waals surface area contributed by atoms with Gasteiger partial charge in [-0.2, -0.15) is 5.10 Å². The van der Waals surface area contributed by atoms with Crippen LogP contribution in [0.1, 0.15) is 60.6 Å². The number of carbonyl (C=O) groups is 2. The third kappa shape index (κ3) is 6.83. The second-order valence-electron chi connectivity index (χ2n) is 9.93. The Bertz CT molecular complexity index is 1410. The molecule has 1 aliphatic heterocycles. The molecule has 2 aliphatic rings. The molecule has 2 unspecified atom stereocenters. The Hall–Kier alpha value is -4.02. The number of methoxy groups -OCH3 is 1. The van der Waals surface area contributed by atoms with Crippen LogP contribution in [0.5, 0.6) is 11.5 Å². The molecule has 1 fully saturated rings. The second-order valence-corrected chi connectivity index (χ2v) is 10.3. The van der Waals surface area contributed by atoms with E-state index in [1.807, 2.05) is 43.3 Å². The summed E-state index contributed by atoms with van der Waals surface area (Å²) in [7, 11) is 1.63. The highest BCUT2D eigenvalue weighted by Crippen LogP contribution is 2.34. The Kier molecular flexibility index (Phi) is 9.11. The van der Waals surface area contributed by atoms with E-state index in [4.69, 9.17) is 30.9 Å². The topological polar surface area (TPSA) is 115 Å². The van der Waals surface area contributed by atoms with Crippen molar-refractivity contribution in [3.63, 3.8) is 0 Å². The maximum Gasteiger partial charge on any atom is 0.276 e. The fourth-order valence-corrected chi connectivity index (χ4v) is 5.10. The van der Waals surface area contributed by atoms with Crippen LogP contribution in [-0.2, 0) is 16.1 Å². The van der Waals surface area contributed by atoms with Gasteiger partial charge >= 0.3 is 0 Å². The summed E-state index contributed by atoms with van der Waals surface area (Å²) in [6, 6.07) is 16.0. The summed E-state index contributed by atoms with van der Waals surface area (Å²) in [5, 5.41) is 17.1. The first kappa shape index (κ1) is 28.5. The molecule has 11 heteroatoms. The number of amides is 1. The van der Waals surface area contributed by atoms with E-state index in [2.05, 4.69) is 15.5 Å². The zero-order valence-electron chi connectivity index (χ0n) is 23.0. The van der Waals surface area contributed by atoms with Gasteiger partial charge in [-0.25, -0.2) is 0 Å². The number of nitrogens with zero attached hydrogens (tertiary/aromatic N) is 4. The lowest BCUT2D eigenvalue weighted by molar-refractivity contribution is -0.139. The van der Waals surface area contributed by atoms with Crippen LogP contribution in [0, 0.1) is 0 Å². The molecule has 1 amide bonds. The first-order valence-electron chi connectivity index (χ1n) is 13.7. The first-order valence-corrected chi connectivity index (χ1v) is 14.1. The van der Waals surface area contributed by atoms with E-state index in [1.165, 1.54) is 12.1 Å². The van der Waals surface area contributed by atoms with Gasteiger partial charge in [-0.3, -0.25) is 14.6 Å². The van der Waals surface area contributed by atoms with Crippen molar-refractivity contribution < 1.29 is 23.8 Å². The molecule has 5 rings (SSSR count). The summed E-state index contributed by atoms with van der Waals surface area (Å²) >= 11 is 5.77. The van der Waals surface area contributed by atoms with Crippen LogP contribution >= 0.6 is 11.6 Å². The van der Waals surface area contributed by atoms with Crippen molar-refractivity contribution in [1.29, 1.82) is 0 Å². The molecule has 2 heterocycles. The van der Waals surface area contributed by atoms with Crippen molar-refractivity contribution in [2.24, 2.45) is 5.10 Å². The predicted molar refractivity (Wildman–Crippen MR) is 154 cm³/mol. The largest absolute Gasteiger partial charge is 0.493 e. The van der Waals surface area contributed by atoms with Crippen molar-refractivity contribution in [3.05, 3.63) is 76.6 Å². The quantitative estimate of drug-likeness (QED) is 0.325. The van der Waals surface area contributed by atoms with Crippen molar-refractivity contribution >= 4 is 35.2 Å². The molecule has 1 aliphatic carbocycles. The van der Waals surface area contributed by atoms with Gasteiger partial charge in [0.05, 0.1) is 25.5 Å². The summed E-state index contributed by atoms with van der Waals surface area (Å²) in [6.45, 7) is 2.27. The molecule has 0 radical (unpaired) electrons. The molecule has 2 atom stereocenters. The molecular weight excluding hydrogens is 546 g/mol. The fourth-order valence-electron chi connectivity index (χ4n) is 5.00. The van der Waals surface area contributed by atoms with Gasteiger partial charge in [0.15, 0.2) is 28.6 Å². The van der Waals surface area contributed by atoms with Crippen LogP contribution in [0.3, 0.4) is 0 Å². The van der Waals surface area contributed by atoms with Gasteiger partial charge in [0.25, 0.3) is 5.91 Å². The molecule has 0 saturated heterocycles. The molecule has 3 aromatic rings. The van der Waals surface area contributed by atoms with E-state index in [1.54, 1.807) is 18.2 Å². The number of hydrogen-bond donors (Lipinski definition) is 1. The average Bonchev–Trinajstić information content (AvgIpc) is 3.50. The van der Waals surface area contributed by atoms with Gasteiger partial charge < -0.3 is 19.5 Å². The molecule has 1 aromatic heterocycles. The van der Waals surface area contributed by atoms with E-state index in [0.29, 0.717) is 29.3 Å². The molecule has 214 valence electrons. The highest BCUT2D eigenvalue weighted by molar-refractivity contribution is 6.29. The maximum absolute atomic E-state index is 12.6. The molecule has 41 heavy (non-hydrogen) atoms. The monoisotopic (exact) mass is 577 g/mol. The molecule has 2 aromatic carbocycles. The van der Waals surface area contributed by atoms with E-state index < -0.39 is 12.1 Å². The molecule has 1 N–H and O–H groups in total. The smallest absolute Gasteiger partial charge is 0.276 e. The molecule has 0 bridgehead atoms. The zero-order valence-corrected chi connectivity index (χ0v) is 23.7. The van der Waals surface area contributed by atoms with Crippen molar-refractivity contribution in [3.8, 4) is 11.5 Å². The number of hydrazone groups is 1. The molecule has 10 nitrogen and oxygen atoms in total. The molecule has 1 saturated carbocycles. The maximum atomic E-state index is 12.6. The van der Waals surface area contributed by atoms with E-state index >= 15 is 0 Å². The number of hydrogen-bond acceptors (Lipinski definition) is 9. The number of aldehydes is 1. The lowest BCUT2D eigenvalue weighted by Crippen LogP contribution is -2.45. The van der Waals surface area contributed by atoms with Crippen LogP contribution in [0.2, 0.25) is 5.15 Å². The number of carbonyl (C=O) groups excluding carboxylic acids is 2. The normalized spacial score (nSPS) is 19.0. The van der Waals surface area contributed by atoms with Gasteiger partial charge in [-0.05, 0) is 80.1 Å². The second kappa shape index (κ2) is 13.1. The Morgan fingerprint density at radius 3 is 2.66 bits per heavy atom. The van der Waals surface area contributed by atoms with Crippen molar-refractivity contribution in [1.82, 2.24) is 15.2 Å². The third-order valence-corrected chi connectivity index (χ3v) is 7.28. The zero-order chi connectivity index (χ0) is 28.8. The van der Waals surface area contributed by atoms with Gasteiger partial charge in [0, 0.05) is 11.3 Å². The lowest BCUT2D eigenvalue weighted by Gasteiger charge is -2.35. The summed E-state index contributed by atoms with van der Waals surface area (Å²) in [5.74, 6) is 0.920. The number of aromatic nitrogens is 2.